The molecule has 0 heterocycles. The molecule has 0 aromatic carbocycles. The molecule has 0 saturated heterocycles. The van der Waals surface area contributed by atoms with E-state index in [1.165, 1.54) is 57.8 Å². The first-order valence-electron chi connectivity index (χ1n) is 7.34. The monoisotopic (exact) mass is 224 g/mol. The van der Waals surface area contributed by atoms with Gasteiger partial charge in [0, 0.05) is 12.8 Å². The zero-order valence-electron chi connectivity index (χ0n) is 11.0. The highest BCUT2D eigenvalue weighted by Gasteiger charge is 2.23. The van der Waals surface area contributed by atoms with Crippen molar-refractivity contribution in [1.82, 2.24) is 0 Å². The summed E-state index contributed by atoms with van der Waals surface area (Å²) >= 11 is 0. The van der Waals surface area contributed by atoms with Crippen LogP contribution >= 0.6 is 0 Å². The van der Waals surface area contributed by atoms with Crippen LogP contribution in [0.15, 0.2) is 0 Å². The van der Waals surface area contributed by atoms with Crippen molar-refractivity contribution in [3.8, 4) is 0 Å². The van der Waals surface area contributed by atoms with Gasteiger partial charge in [-0.15, -0.1) is 0 Å². The minimum Gasteiger partial charge on any atom is -0.300 e. The largest absolute Gasteiger partial charge is 0.300 e. The van der Waals surface area contributed by atoms with Crippen molar-refractivity contribution in [2.45, 2.75) is 84.0 Å². The van der Waals surface area contributed by atoms with E-state index in [2.05, 4.69) is 6.92 Å². The smallest absolute Gasteiger partial charge is 0.133 e. The number of carbonyl (C=O) groups is 1. The van der Waals surface area contributed by atoms with E-state index in [1.54, 1.807) is 0 Å². The summed E-state index contributed by atoms with van der Waals surface area (Å²) in [5, 5.41) is 0. The molecule has 1 nitrogen and oxygen atoms in total. The standard InChI is InChI=1S/C15H28O/c1-2-3-4-5-6-7-8-9-10-15(16)13-14-11-12-14/h14H,2-13H2,1H3. The maximum absolute atomic E-state index is 11.5. The molecule has 0 unspecified atom stereocenters. The first-order valence-corrected chi connectivity index (χ1v) is 7.34. The number of hydrogen-bond donors (Lipinski definition) is 0. The van der Waals surface area contributed by atoms with Gasteiger partial charge in [0.2, 0.25) is 0 Å². The summed E-state index contributed by atoms with van der Waals surface area (Å²) in [7, 11) is 0. The van der Waals surface area contributed by atoms with Crippen LogP contribution in [0.5, 0.6) is 0 Å². The highest BCUT2D eigenvalue weighted by Crippen LogP contribution is 2.33. The van der Waals surface area contributed by atoms with Crippen molar-refractivity contribution in [3.05, 3.63) is 0 Å². The predicted octanol–water partition coefficient (Wildman–Crippen LogP) is 4.89. The lowest BCUT2D eigenvalue weighted by Gasteiger charge is -2.01. The molecule has 16 heavy (non-hydrogen) atoms. The summed E-state index contributed by atoms with van der Waals surface area (Å²) in [6.45, 7) is 2.26. The number of Topliss-reactive ketones (excluding diaryl/α,β-unsaturated/α-hetero) is 1. The third-order valence-electron chi connectivity index (χ3n) is 3.52. The minimum absolute atomic E-state index is 0.522. The summed E-state index contributed by atoms with van der Waals surface area (Å²) < 4.78 is 0. The molecule has 0 atom stereocenters. The zero-order valence-corrected chi connectivity index (χ0v) is 11.0. The minimum atomic E-state index is 0.522. The van der Waals surface area contributed by atoms with E-state index in [0.717, 1.165) is 25.2 Å². The lowest BCUT2D eigenvalue weighted by molar-refractivity contribution is -0.119. The highest BCUT2D eigenvalue weighted by atomic mass is 16.1. The molecule has 0 bridgehead atoms. The lowest BCUT2D eigenvalue weighted by Crippen LogP contribution is -1.98. The summed E-state index contributed by atoms with van der Waals surface area (Å²) in [5.41, 5.74) is 0. The van der Waals surface area contributed by atoms with Crippen molar-refractivity contribution in [3.63, 3.8) is 0 Å². The van der Waals surface area contributed by atoms with Crippen LogP contribution in [0.3, 0.4) is 0 Å². The summed E-state index contributed by atoms with van der Waals surface area (Å²) in [6.07, 6.45) is 15.0. The Labute approximate surface area is 101 Å². The topological polar surface area (TPSA) is 17.1 Å². The van der Waals surface area contributed by atoms with Gasteiger partial charge in [0.1, 0.15) is 5.78 Å². The Balaban J connectivity index is 1.75. The van der Waals surface area contributed by atoms with Crippen molar-refractivity contribution in [2.24, 2.45) is 5.92 Å². The fourth-order valence-corrected chi connectivity index (χ4v) is 2.20. The number of ketones is 1. The Bertz CT molecular complexity index is 182. The van der Waals surface area contributed by atoms with Gasteiger partial charge in [-0.1, -0.05) is 51.9 Å². The van der Waals surface area contributed by atoms with E-state index in [9.17, 15) is 4.79 Å². The molecule has 1 saturated carbocycles. The molecule has 0 aromatic heterocycles. The quantitative estimate of drug-likeness (QED) is 0.457. The van der Waals surface area contributed by atoms with E-state index in [-0.39, 0.29) is 0 Å². The van der Waals surface area contributed by atoms with E-state index in [4.69, 9.17) is 0 Å². The molecule has 0 N–H and O–H groups in total. The van der Waals surface area contributed by atoms with Crippen LogP contribution in [-0.4, -0.2) is 5.78 Å². The number of unbranched alkanes of at least 4 members (excludes halogenated alkanes) is 7. The molecular weight excluding hydrogens is 196 g/mol. The van der Waals surface area contributed by atoms with Gasteiger partial charge in [0.05, 0.1) is 0 Å². The molecule has 1 fully saturated rings. The number of hydrogen-bond acceptors (Lipinski definition) is 1. The van der Waals surface area contributed by atoms with Gasteiger partial charge < -0.3 is 0 Å². The molecule has 1 heteroatoms. The first-order chi connectivity index (χ1) is 7.83. The Morgan fingerprint density at radius 3 is 2.06 bits per heavy atom. The van der Waals surface area contributed by atoms with Crippen LogP contribution in [0.4, 0.5) is 0 Å². The molecular formula is C15H28O. The first kappa shape index (κ1) is 13.7. The summed E-state index contributed by atoms with van der Waals surface area (Å²) in [5.74, 6) is 1.30. The van der Waals surface area contributed by atoms with Crippen LogP contribution < -0.4 is 0 Å². The van der Waals surface area contributed by atoms with Gasteiger partial charge in [-0.25, -0.2) is 0 Å². The maximum atomic E-state index is 11.5. The van der Waals surface area contributed by atoms with Crippen LogP contribution in [0.25, 0.3) is 0 Å². The summed E-state index contributed by atoms with van der Waals surface area (Å²) in [6, 6.07) is 0. The summed E-state index contributed by atoms with van der Waals surface area (Å²) in [4.78, 5) is 11.5. The van der Waals surface area contributed by atoms with Crippen molar-refractivity contribution in [2.75, 3.05) is 0 Å². The lowest BCUT2D eigenvalue weighted by atomic mass is 10.0. The number of rotatable bonds is 11. The average Bonchev–Trinajstić information content (AvgIpc) is 3.06. The van der Waals surface area contributed by atoms with Crippen LogP contribution in [0, 0.1) is 5.92 Å². The Hall–Kier alpha value is -0.330. The highest BCUT2D eigenvalue weighted by molar-refractivity contribution is 5.78. The van der Waals surface area contributed by atoms with E-state index in [1.807, 2.05) is 0 Å². The molecule has 0 spiro atoms. The SMILES string of the molecule is CCCCCCCCCCC(=O)CC1CC1. The molecule has 94 valence electrons. The predicted molar refractivity (Wildman–Crippen MR) is 69.6 cm³/mol. The fraction of sp³-hybridized carbons (Fsp3) is 0.933. The van der Waals surface area contributed by atoms with Crippen molar-refractivity contribution in [1.29, 1.82) is 0 Å². The van der Waals surface area contributed by atoms with E-state index >= 15 is 0 Å². The second kappa shape index (κ2) is 8.78. The Kier molecular flexibility index (Phi) is 7.54. The number of carbonyl (C=O) groups excluding carboxylic acids is 1. The van der Waals surface area contributed by atoms with Crippen molar-refractivity contribution < 1.29 is 4.79 Å². The molecule has 0 aliphatic heterocycles. The second-order valence-corrected chi connectivity index (χ2v) is 5.41. The molecule has 1 aliphatic carbocycles. The van der Waals surface area contributed by atoms with Gasteiger partial charge in [0.25, 0.3) is 0 Å². The molecule has 1 aliphatic rings. The molecule has 0 radical (unpaired) electrons. The third-order valence-corrected chi connectivity index (χ3v) is 3.52. The van der Waals surface area contributed by atoms with Gasteiger partial charge in [0.15, 0.2) is 0 Å². The molecule has 1 rings (SSSR count). The van der Waals surface area contributed by atoms with Gasteiger partial charge in [-0.05, 0) is 25.2 Å². The fourth-order valence-electron chi connectivity index (χ4n) is 2.20. The van der Waals surface area contributed by atoms with Gasteiger partial charge in [-0.3, -0.25) is 4.79 Å². The second-order valence-electron chi connectivity index (χ2n) is 5.41. The van der Waals surface area contributed by atoms with Crippen LogP contribution in [-0.2, 0) is 4.79 Å². The van der Waals surface area contributed by atoms with Crippen LogP contribution in [0.1, 0.15) is 84.0 Å². The molecule has 0 aromatic rings. The third kappa shape index (κ3) is 7.90. The van der Waals surface area contributed by atoms with Gasteiger partial charge >= 0.3 is 0 Å². The zero-order chi connectivity index (χ0) is 11.6. The molecule has 0 amide bonds. The van der Waals surface area contributed by atoms with Crippen LogP contribution in [0.2, 0.25) is 0 Å². The average molecular weight is 224 g/mol. The van der Waals surface area contributed by atoms with E-state index < -0.39 is 0 Å². The normalized spacial score (nSPS) is 15.3. The Morgan fingerprint density at radius 2 is 1.50 bits per heavy atom. The van der Waals surface area contributed by atoms with E-state index in [0.29, 0.717) is 5.78 Å². The van der Waals surface area contributed by atoms with Gasteiger partial charge in [-0.2, -0.15) is 0 Å². The maximum Gasteiger partial charge on any atom is 0.133 e. The Morgan fingerprint density at radius 1 is 0.938 bits per heavy atom. The van der Waals surface area contributed by atoms with Crippen molar-refractivity contribution >= 4 is 5.78 Å².